The van der Waals surface area contributed by atoms with Gasteiger partial charge in [0, 0.05) is 35.2 Å². The van der Waals surface area contributed by atoms with Crippen molar-refractivity contribution in [1.82, 2.24) is 4.98 Å². The zero-order valence-electron chi connectivity index (χ0n) is 16.2. The second-order valence-electron chi connectivity index (χ2n) is 7.55. The predicted octanol–water partition coefficient (Wildman–Crippen LogP) is 1.91. The Morgan fingerprint density at radius 1 is 1.34 bits per heavy atom. The number of halogens is 1. The number of rotatable bonds is 4. The first-order valence-electron chi connectivity index (χ1n) is 9.51. The predicted molar refractivity (Wildman–Crippen MR) is 105 cm³/mol. The van der Waals surface area contributed by atoms with Gasteiger partial charge in [-0.25, -0.2) is 4.98 Å². The molecule has 3 heterocycles. The molecule has 7 nitrogen and oxygen atoms in total. The van der Waals surface area contributed by atoms with Crippen LogP contribution in [0.15, 0.2) is 30.3 Å². The monoisotopic (exact) mass is 421 g/mol. The molecule has 3 unspecified atom stereocenters. The number of aliphatic hydroxyl groups excluding tert-OH is 3. The van der Waals surface area contributed by atoms with E-state index in [2.05, 4.69) is 4.98 Å². The van der Waals surface area contributed by atoms with Gasteiger partial charge in [0.2, 0.25) is 11.7 Å². The maximum Gasteiger partial charge on any atom is 0.225 e. The van der Waals surface area contributed by atoms with Crippen LogP contribution >= 0.6 is 11.6 Å². The molecule has 3 N–H and O–H groups in total. The SMILES string of the molecule is COc1cccc(Cc2cc3c(cc2Cl)CO[C@]32OC(C(C)O)CC(O)[C@H]2O)n1. The number of pyridine rings is 1. The Hall–Kier alpha value is -1.74. The Balaban J connectivity index is 1.72. The normalized spacial score (nSPS) is 29.7. The van der Waals surface area contributed by atoms with Crippen LogP contribution in [-0.4, -0.2) is 51.8 Å². The molecule has 4 rings (SSSR count). The lowest BCUT2D eigenvalue weighted by atomic mass is 9.87. The zero-order valence-corrected chi connectivity index (χ0v) is 17.0. The maximum absolute atomic E-state index is 10.7. The average Bonchev–Trinajstić information content (AvgIpc) is 3.04. The van der Waals surface area contributed by atoms with E-state index in [9.17, 15) is 15.3 Å². The molecule has 0 radical (unpaired) electrons. The molecule has 5 atom stereocenters. The van der Waals surface area contributed by atoms with Gasteiger partial charge in [0.05, 0.1) is 32.0 Å². The van der Waals surface area contributed by atoms with E-state index in [1.54, 1.807) is 26.2 Å². The third-order valence-electron chi connectivity index (χ3n) is 5.54. The molecule has 2 aliphatic rings. The minimum Gasteiger partial charge on any atom is -0.481 e. The van der Waals surface area contributed by atoms with Crippen LogP contribution in [0.1, 0.15) is 35.7 Å². The summed E-state index contributed by atoms with van der Waals surface area (Å²) in [5.41, 5.74) is 2.93. The van der Waals surface area contributed by atoms with Crippen molar-refractivity contribution in [3.05, 3.63) is 57.7 Å². The number of methoxy groups -OCH3 is 1. The Labute approximate surface area is 173 Å². The fourth-order valence-corrected chi connectivity index (χ4v) is 4.22. The number of aromatic nitrogens is 1. The van der Waals surface area contributed by atoms with E-state index < -0.39 is 30.2 Å². The molecule has 156 valence electrons. The van der Waals surface area contributed by atoms with Crippen LogP contribution in [0.3, 0.4) is 0 Å². The number of benzene rings is 1. The minimum absolute atomic E-state index is 0.119. The molecule has 1 spiro atoms. The number of nitrogens with zero attached hydrogens (tertiary/aromatic N) is 1. The van der Waals surface area contributed by atoms with E-state index in [1.165, 1.54) is 0 Å². The molecule has 0 saturated carbocycles. The molecule has 8 heteroatoms. The number of hydrogen-bond acceptors (Lipinski definition) is 7. The molecule has 2 aliphatic heterocycles. The summed E-state index contributed by atoms with van der Waals surface area (Å²) in [5.74, 6) is -1.04. The van der Waals surface area contributed by atoms with Crippen LogP contribution in [0, 0.1) is 0 Å². The smallest absolute Gasteiger partial charge is 0.225 e. The maximum atomic E-state index is 10.7. The molecule has 0 bridgehead atoms. The van der Waals surface area contributed by atoms with Gasteiger partial charge < -0.3 is 29.5 Å². The highest BCUT2D eigenvalue weighted by Gasteiger charge is 2.56. The third-order valence-corrected chi connectivity index (χ3v) is 5.90. The molecular weight excluding hydrogens is 398 g/mol. The van der Waals surface area contributed by atoms with Gasteiger partial charge in [-0.05, 0) is 36.2 Å². The molecule has 29 heavy (non-hydrogen) atoms. The highest BCUT2D eigenvalue weighted by atomic mass is 35.5. The molecule has 1 saturated heterocycles. The summed E-state index contributed by atoms with van der Waals surface area (Å²) in [7, 11) is 1.56. The summed E-state index contributed by atoms with van der Waals surface area (Å²) in [6, 6.07) is 9.10. The second-order valence-corrected chi connectivity index (χ2v) is 7.96. The molecule has 1 aromatic heterocycles. The fourth-order valence-electron chi connectivity index (χ4n) is 3.97. The quantitative estimate of drug-likeness (QED) is 0.693. The lowest BCUT2D eigenvalue weighted by Crippen LogP contribution is -2.57. The summed E-state index contributed by atoms with van der Waals surface area (Å²) in [5, 5.41) is 31.7. The summed E-state index contributed by atoms with van der Waals surface area (Å²) in [6.45, 7) is 1.77. The molecule has 0 amide bonds. The Kier molecular flexibility index (Phi) is 5.54. The molecule has 1 fully saturated rings. The summed E-state index contributed by atoms with van der Waals surface area (Å²) in [6.07, 6.45) is -3.31. The third kappa shape index (κ3) is 3.63. The van der Waals surface area contributed by atoms with Gasteiger partial charge in [0.15, 0.2) is 0 Å². The van der Waals surface area contributed by atoms with Crippen LogP contribution in [0.2, 0.25) is 5.02 Å². The van der Waals surface area contributed by atoms with E-state index in [1.807, 2.05) is 18.2 Å². The summed E-state index contributed by atoms with van der Waals surface area (Å²) < 4.78 is 17.1. The van der Waals surface area contributed by atoms with Crippen molar-refractivity contribution in [1.29, 1.82) is 0 Å². The second kappa shape index (κ2) is 7.83. The van der Waals surface area contributed by atoms with Gasteiger partial charge >= 0.3 is 0 Å². The van der Waals surface area contributed by atoms with Gasteiger partial charge in [-0.1, -0.05) is 17.7 Å². The van der Waals surface area contributed by atoms with Crippen molar-refractivity contribution in [2.24, 2.45) is 0 Å². The van der Waals surface area contributed by atoms with Gasteiger partial charge in [0.25, 0.3) is 0 Å². The highest BCUT2D eigenvalue weighted by Crippen LogP contribution is 2.47. The van der Waals surface area contributed by atoms with Crippen LogP contribution < -0.4 is 4.74 Å². The van der Waals surface area contributed by atoms with Crippen molar-refractivity contribution >= 4 is 11.6 Å². The number of hydrogen-bond donors (Lipinski definition) is 3. The standard InChI is InChI=1S/C21H24ClNO6/c1-11(24)18-9-17(25)20(26)21(29-18)15-7-12(16(22)8-13(15)10-28-21)6-14-4-3-5-19(23-14)27-2/h3-5,7-8,11,17-18,20,24-26H,6,9-10H2,1-2H3/t11?,17?,18?,20-,21+/m1/s1. The van der Waals surface area contributed by atoms with Gasteiger partial charge in [-0.15, -0.1) is 0 Å². The fraction of sp³-hybridized carbons (Fsp3) is 0.476. The molecular formula is C21H24ClNO6. The number of aliphatic hydroxyl groups is 3. The Morgan fingerprint density at radius 3 is 2.86 bits per heavy atom. The topological polar surface area (TPSA) is 101 Å². The van der Waals surface area contributed by atoms with Crippen LogP contribution in [0.4, 0.5) is 0 Å². The van der Waals surface area contributed by atoms with Crippen molar-refractivity contribution in [2.75, 3.05) is 7.11 Å². The Morgan fingerprint density at radius 2 is 2.14 bits per heavy atom. The van der Waals surface area contributed by atoms with E-state index in [0.717, 1.165) is 16.8 Å². The minimum atomic E-state index is -1.55. The van der Waals surface area contributed by atoms with Crippen molar-refractivity contribution in [3.63, 3.8) is 0 Å². The van der Waals surface area contributed by atoms with Crippen molar-refractivity contribution < 1.29 is 29.5 Å². The van der Waals surface area contributed by atoms with Crippen LogP contribution in [0.25, 0.3) is 0 Å². The lowest BCUT2D eigenvalue weighted by molar-refractivity contribution is -0.353. The first-order valence-corrected chi connectivity index (χ1v) is 9.89. The Bertz CT molecular complexity index is 907. The van der Waals surface area contributed by atoms with E-state index >= 15 is 0 Å². The van der Waals surface area contributed by atoms with Gasteiger partial charge in [-0.2, -0.15) is 0 Å². The van der Waals surface area contributed by atoms with Gasteiger partial charge in [-0.3, -0.25) is 0 Å². The number of fused-ring (bicyclic) bond motifs is 2. The zero-order chi connectivity index (χ0) is 20.8. The first kappa shape index (κ1) is 20.5. The van der Waals surface area contributed by atoms with E-state index in [-0.39, 0.29) is 13.0 Å². The van der Waals surface area contributed by atoms with E-state index in [0.29, 0.717) is 22.9 Å². The molecule has 2 aromatic rings. The first-order chi connectivity index (χ1) is 13.8. The summed E-state index contributed by atoms with van der Waals surface area (Å²) in [4.78, 5) is 4.42. The van der Waals surface area contributed by atoms with Crippen molar-refractivity contribution in [2.45, 2.75) is 56.6 Å². The number of ether oxygens (including phenoxy) is 3. The van der Waals surface area contributed by atoms with E-state index in [4.69, 9.17) is 25.8 Å². The molecule has 0 aliphatic carbocycles. The highest BCUT2D eigenvalue weighted by molar-refractivity contribution is 6.31. The molecule has 1 aromatic carbocycles. The largest absolute Gasteiger partial charge is 0.481 e. The lowest BCUT2D eigenvalue weighted by Gasteiger charge is -2.45. The van der Waals surface area contributed by atoms with Gasteiger partial charge in [0.1, 0.15) is 6.10 Å². The van der Waals surface area contributed by atoms with Crippen LogP contribution in [-0.2, 0) is 28.3 Å². The average molecular weight is 422 g/mol. The van der Waals surface area contributed by atoms with Crippen molar-refractivity contribution in [3.8, 4) is 5.88 Å². The van der Waals surface area contributed by atoms with Crippen LogP contribution in [0.5, 0.6) is 5.88 Å². The summed E-state index contributed by atoms with van der Waals surface area (Å²) >= 11 is 6.50.